The number of carboxylic acids is 1. The molecule has 2 rings (SSSR count). The minimum Gasteiger partial charge on any atom is -0.476 e. The van der Waals surface area contributed by atoms with E-state index < -0.39 is 5.97 Å². The summed E-state index contributed by atoms with van der Waals surface area (Å²) in [6, 6.07) is 0.165. The van der Waals surface area contributed by atoms with Crippen molar-refractivity contribution in [3.8, 4) is 0 Å². The summed E-state index contributed by atoms with van der Waals surface area (Å²) < 4.78 is 5.92. The van der Waals surface area contributed by atoms with Crippen LogP contribution < -0.4 is 5.32 Å². The summed E-state index contributed by atoms with van der Waals surface area (Å²) in [6.45, 7) is 4.93. The van der Waals surface area contributed by atoms with Crippen molar-refractivity contribution in [3.05, 3.63) is 18.1 Å². The number of nitrogens with zero attached hydrogens (tertiary/aromatic N) is 2. The van der Waals surface area contributed by atoms with Crippen LogP contribution in [0.25, 0.3) is 0 Å². The monoisotopic (exact) mass is 279 g/mol. The molecule has 1 aliphatic heterocycles. The Balaban J connectivity index is 2.12. The van der Waals surface area contributed by atoms with Gasteiger partial charge in [0, 0.05) is 25.0 Å². The lowest BCUT2D eigenvalue weighted by Crippen LogP contribution is -2.44. The van der Waals surface area contributed by atoms with Gasteiger partial charge >= 0.3 is 5.97 Å². The Morgan fingerprint density at radius 1 is 1.45 bits per heavy atom. The molecular weight excluding hydrogens is 258 g/mol. The quantitative estimate of drug-likeness (QED) is 0.860. The molecule has 2 N–H and O–H groups in total. The first-order chi connectivity index (χ1) is 9.60. The normalized spacial score (nSPS) is 21.4. The molecule has 0 amide bonds. The van der Waals surface area contributed by atoms with Crippen molar-refractivity contribution in [1.29, 1.82) is 0 Å². The zero-order valence-corrected chi connectivity index (χ0v) is 11.9. The number of aromatic nitrogens is 2. The Bertz CT molecular complexity index is 474. The number of aromatic carboxylic acids is 1. The fourth-order valence-electron chi connectivity index (χ4n) is 2.69. The van der Waals surface area contributed by atoms with Gasteiger partial charge in [0.25, 0.3) is 0 Å². The summed E-state index contributed by atoms with van der Waals surface area (Å²) in [5.41, 5.74) is -0.140. The first-order valence-corrected chi connectivity index (χ1v) is 7.05. The molecule has 0 aliphatic carbocycles. The predicted octanol–water partition coefficient (Wildman–Crippen LogP) is 2.32. The topological polar surface area (TPSA) is 84.3 Å². The maximum absolute atomic E-state index is 11.1. The highest BCUT2D eigenvalue weighted by molar-refractivity contribution is 5.90. The summed E-state index contributed by atoms with van der Waals surface area (Å²) >= 11 is 0. The molecule has 1 fully saturated rings. The zero-order chi connectivity index (χ0) is 14.6. The fourth-order valence-corrected chi connectivity index (χ4v) is 2.69. The maximum atomic E-state index is 11.1. The van der Waals surface area contributed by atoms with E-state index in [1.807, 2.05) is 0 Å². The second-order valence-corrected chi connectivity index (χ2v) is 5.13. The van der Waals surface area contributed by atoms with E-state index in [4.69, 9.17) is 9.84 Å². The lowest BCUT2D eigenvalue weighted by molar-refractivity contribution is -0.0864. The van der Waals surface area contributed by atoms with Gasteiger partial charge in [-0.3, -0.25) is 0 Å². The molecule has 0 spiro atoms. The van der Waals surface area contributed by atoms with E-state index in [1.54, 1.807) is 0 Å². The van der Waals surface area contributed by atoms with E-state index in [0.29, 0.717) is 12.4 Å². The molecule has 20 heavy (non-hydrogen) atoms. The second kappa shape index (κ2) is 6.17. The molecule has 0 aromatic carbocycles. The van der Waals surface area contributed by atoms with Gasteiger partial charge in [0.15, 0.2) is 11.5 Å². The molecule has 0 radical (unpaired) electrons. The average molecular weight is 279 g/mol. The summed E-state index contributed by atoms with van der Waals surface area (Å²) in [7, 11) is 0. The average Bonchev–Trinajstić information content (AvgIpc) is 2.47. The van der Waals surface area contributed by atoms with Crippen LogP contribution in [0.2, 0.25) is 0 Å². The molecule has 1 aliphatic rings. The summed E-state index contributed by atoms with van der Waals surface area (Å²) in [4.78, 5) is 19.1. The third-order valence-electron chi connectivity index (χ3n) is 4.02. The van der Waals surface area contributed by atoms with E-state index in [0.717, 1.165) is 25.7 Å². The molecule has 0 saturated carbocycles. The van der Waals surface area contributed by atoms with Crippen molar-refractivity contribution in [2.75, 3.05) is 11.9 Å². The molecule has 1 saturated heterocycles. The molecule has 1 aromatic heterocycles. The summed E-state index contributed by atoms with van der Waals surface area (Å²) in [5.74, 6) is -0.724. The van der Waals surface area contributed by atoms with E-state index in [-0.39, 0.29) is 17.3 Å². The van der Waals surface area contributed by atoms with Crippen molar-refractivity contribution >= 4 is 11.8 Å². The Kier molecular flexibility index (Phi) is 4.54. The van der Waals surface area contributed by atoms with Crippen LogP contribution in [0.5, 0.6) is 0 Å². The number of anilines is 1. The van der Waals surface area contributed by atoms with Crippen LogP contribution in [-0.2, 0) is 4.74 Å². The number of nitrogens with one attached hydrogen (secondary N) is 1. The summed E-state index contributed by atoms with van der Waals surface area (Å²) in [6.07, 6.45) is 6.50. The first-order valence-electron chi connectivity index (χ1n) is 7.05. The Hall–Kier alpha value is -1.69. The summed E-state index contributed by atoms with van der Waals surface area (Å²) in [5, 5.41) is 12.3. The van der Waals surface area contributed by atoms with Crippen LogP contribution in [0.3, 0.4) is 0 Å². The Labute approximate surface area is 118 Å². The van der Waals surface area contributed by atoms with Gasteiger partial charge in [0.05, 0.1) is 5.60 Å². The highest BCUT2D eigenvalue weighted by atomic mass is 16.5. The fraction of sp³-hybridized carbons (Fsp3) is 0.643. The number of ether oxygens (including phenoxy) is 1. The van der Waals surface area contributed by atoms with Crippen LogP contribution in [0, 0.1) is 0 Å². The molecule has 2 heterocycles. The third-order valence-corrected chi connectivity index (χ3v) is 4.02. The molecule has 1 unspecified atom stereocenters. The minimum absolute atomic E-state index is 0.0300. The van der Waals surface area contributed by atoms with Gasteiger partial charge in [-0.15, -0.1) is 0 Å². The number of hydrogen-bond donors (Lipinski definition) is 2. The van der Waals surface area contributed by atoms with Crippen molar-refractivity contribution in [2.45, 2.75) is 51.2 Å². The van der Waals surface area contributed by atoms with Crippen molar-refractivity contribution < 1.29 is 14.6 Å². The highest BCUT2D eigenvalue weighted by Gasteiger charge is 2.35. The predicted molar refractivity (Wildman–Crippen MR) is 74.9 cm³/mol. The van der Waals surface area contributed by atoms with Gasteiger partial charge in [-0.1, -0.05) is 13.8 Å². The van der Waals surface area contributed by atoms with Gasteiger partial charge in [-0.25, -0.2) is 14.8 Å². The lowest BCUT2D eigenvalue weighted by atomic mass is 9.86. The van der Waals surface area contributed by atoms with E-state index in [1.165, 1.54) is 12.4 Å². The van der Waals surface area contributed by atoms with E-state index >= 15 is 0 Å². The number of rotatable bonds is 5. The largest absolute Gasteiger partial charge is 0.476 e. The van der Waals surface area contributed by atoms with Crippen LogP contribution in [0.4, 0.5) is 5.82 Å². The second-order valence-electron chi connectivity index (χ2n) is 5.13. The van der Waals surface area contributed by atoms with Gasteiger partial charge in [-0.05, 0) is 25.7 Å². The molecule has 6 nitrogen and oxygen atoms in total. The van der Waals surface area contributed by atoms with Crippen molar-refractivity contribution in [1.82, 2.24) is 9.97 Å². The van der Waals surface area contributed by atoms with E-state index in [2.05, 4.69) is 29.1 Å². The SMILES string of the molecule is CCC1(CC)CC(Nc2nccnc2C(=O)O)CCO1. The number of carbonyl (C=O) groups is 1. The smallest absolute Gasteiger partial charge is 0.358 e. The van der Waals surface area contributed by atoms with Gasteiger partial charge < -0.3 is 15.2 Å². The molecule has 6 heteroatoms. The standard InChI is InChI=1S/C14H21N3O3/c1-3-14(4-2)9-10(5-8-20-14)17-12-11(13(18)19)15-6-7-16-12/h6-7,10H,3-5,8-9H2,1-2H3,(H,16,17)(H,18,19). The van der Waals surface area contributed by atoms with Crippen LogP contribution >= 0.6 is 0 Å². The Morgan fingerprint density at radius 3 is 2.80 bits per heavy atom. The highest BCUT2D eigenvalue weighted by Crippen LogP contribution is 2.32. The van der Waals surface area contributed by atoms with Gasteiger partial charge in [0.1, 0.15) is 0 Å². The molecule has 110 valence electrons. The molecule has 1 aromatic rings. The number of hydrogen-bond acceptors (Lipinski definition) is 5. The first kappa shape index (κ1) is 14.7. The molecule has 0 bridgehead atoms. The maximum Gasteiger partial charge on any atom is 0.358 e. The Morgan fingerprint density at radius 2 is 2.15 bits per heavy atom. The minimum atomic E-state index is -1.06. The van der Waals surface area contributed by atoms with Gasteiger partial charge in [-0.2, -0.15) is 0 Å². The molecule has 1 atom stereocenters. The van der Waals surface area contributed by atoms with Crippen molar-refractivity contribution in [3.63, 3.8) is 0 Å². The molecular formula is C14H21N3O3. The van der Waals surface area contributed by atoms with Crippen LogP contribution in [0.1, 0.15) is 50.0 Å². The van der Waals surface area contributed by atoms with E-state index in [9.17, 15) is 4.79 Å². The van der Waals surface area contributed by atoms with Gasteiger partial charge in [0.2, 0.25) is 0 Å². The lowest BCUT2D eigenvalue weighted by Gasteiger charge is -2.40. The third kappa shape index (κ3) is 3.07. The van der Waals surface area contributed by atoms with Crippen LogP contribution in [-0.4, -0.2) is 39.3 Å². The number of carboxylic acid groups (broad SMARTS) is 1. The van der Waals surface area contributed by atoms with Crippen molar-refractivity contribution in [2.24, 2.45) is 0 Å². The van der Waals surface area contributed by atoms with Crippen LogP contribution in [0.15, 0.2) is 12.4 Å². The zero-order valence-electron chi connectivity index (χ0n) is 11.9.